The highest BCUT2D eigenvalue weighted by atomic mass is 16.6. The van der Waals surface area contributed by atoms with Crippen LogP contribution in [0.25, 0.3) is 0 Å². The van der Waals surface area contributed by atoms with Crippen LogP contribution in [0.5, 0.6) is 0 Å². The minimum absolute atomic E-state index is 0.0845. The molecule has 7 heteroatoms. The number of aliphatic hydroxyl groups is 1. The summed E-state index contributed by atoms with van der Waals surface area (Å²) in [6, 6.07) is 0. The second-order valence-corrected chi connectivity index (χ2v) is 2.71. The molecule has 0 saturated heterocycles. The molecule has 78 valence electrons. The molecule has 0 aromatic carbocycles. The van der Waals surface area contributed by atoms with Gasteiger partial charge in [0, 0.05) is 6.20 Å². The molecule has 1 heterocycles. The van der Waals surface area contributed by atoms with Crippen LogP contribution in [0, 0.1) is 0 Å². The van der Waals surface area contributed by atoms with Gasteiger partial charge in [0.2, 0.25) is 0 Å². The lowest BCUT2D eigenvalue weighted by atomic mass is 10.5. The highest BCUT2D eigenvalue weighted by Crippen LogP contribution is 1.90. The Bertz CT molecular complexity index is 420. The summed E-state index contributed by atoms with van der Waals surface area (Å²) < 4.78 is 5.79. The highest BCUT2D eigenvalue weighted by Gasteiger charge is 2.02. The van der Waals surface area contributed by atoms with Crippen molar-refractivity contribution in [2.75, 3.05) is 5.73 Å². The predicted octanol–water partition coefficient (Wildman–Crippen LogP) is -1.57. The van der Waals surface area contributed by atoms with Crippen molar-refractivity contribution in [3.05, 3.63) is 27.0 Å². The van der Waals surface area contributed by atoms with E-state index in [1.807, 2.05) is 4.98 Å². The van der Waals surface area contributed by atoms with Gasteiger partial charge in [-0.2, -0.15) is 0 Å². The summed E-state index contributed by atoms with van der Waals surface area (Å²) in [5.41, 5.74) is 3.92. The standard InChI is InChI=1S/C7H11N3O4/c1-4(11)14-3-10-2-5(8)6(12)9-7(10)13/h2,4,11H,3,8H2,1H3,(H,9,12,13). The van der Waals surface area contributed by atoms with Gasteiger partial charge >= 0.3 is 5.69 Å². The number of aliphatic hydroxyl groups excluding tert-OH is 1. The number of hydrogen-bond acceptors (Lipinski definition) is 5. The first-order chi connectivity index (χ1) is 6.50. The van der Waals surface area contributed by atoms with Crippen LogP contribution < -0.4 is 17.0 Å². The normalized spacial score (nSPS) is 12.7. The molecule has 7 nitrogen and oxygen atoms in total. The van der Waals surface area contributed by atoms with Crippen LogP contribution in [0.3, 0.4) is 0 Å². The number of rotatable bonds is 3. The number of anilines is 1. The summed E-state index contributed by atoms with van der Waals surface area (Å²) in [6.07, 6.45) is 0.166. The van der Waals surface area contributed by atoms with Crippen molar-refractivity contribution in [1.82, 2.24) is 9.55 Å². The third-order valence-corrected chi connectivity index (χ3v) is 1.49. The molecule has 1 rings (SSSR count). The van der Waals surface area contributed by atoms with E-state index in [1.165, 1.54) is 6.92 Å². The Balaban J connectivity index is 2.93. The van der Waals surface area contributed by atoms with Crippen molar-refractivity contribution < 1.29 is 9.84 Å². The summed E-state index contributed by atoms with van der Waals surface area (Å²) in [5, 5.41) is 8.79. The van der Waals surface area contributed by atoms with Crippen LogP contribution in [0.4, 0.5) is 5.69 Å². The van der Waals surface area contributed by atoms with Gasteiger partial charge in [0.1, 0.15) is 12.4 Å². The molecule has 0 spiro atoms. The zero-order valence-electron chi connectivity index (χ0n) is 7.56. The van der Waals surface area contributed by atoms with Crippen molar-refractivity contribution in [3.63, 3.8) is 0 Å². The lowest BCUT2D eigenvalue weighted by Crippen LogP contribution is -2.32. The van der Waals surface area contributed by atoms with Crippen LogP contribution in [0.2, 0.25) is 0 Å². The first kappa shape index (κ1) is 10.5. The topological polar surface area (TPSA) is 110 Å². The summed E-state index contributed by atoms with van der Waals surface area (Å²) in [7, 11) is 0. The third-order valence-electron chi connectivity index (χ3n) is 1.49. The van der Waals surface area contributed by atoms with E-state index in [1.54, 1.807) is 0 Å². The molecule has 0 aliphatic heterocycles. The Labute approximate surface area is 78.7 Å². The van der Waals surface area contributed by atoms with Crippen molar-refractivity contribution in [2.24, 2.45) is 0 Å². The number of ether oxygens (including phenoxy) is 1. The maximum absolute atomic E-state index is 11.1. The van der Waals surface area contributed by atoms with Crippen molar-refractivity contribution in [3.8, 4) is 0 Å². The van der Waals surface area contributed by atoms with Crippen LogP contribution in [0.15, 0.2) is 15.8 Å². The number of aromatic amines is 1. The summed E-state index contributed by atoms with van der Waals surface area (Å²) >= 11 is 0. The molecule has 1 atom stereocenters. The molecule has 1 unspecified atom stereocenters. The van der Waals surface area contributed by atoms with Crippen molar-refractivity contribution in [1.29, 1.82) is 0 Å². The van der Waals surface area contributed by atoms with Gasteiger partial charge in [-0.25, -0.2) is 4.79 Å². The van der Waals surface area contributed by atoms with Gasteiger partial charge in [0.05, 0.1) is 0 Å². The molecule has 0 bridgehead atoms. The van der Waals surface area contributed by atoms with Crippen LogP contribution >= 0.6 is 0 Å². The van der Waals surface area contributed by atoms with Crippen molar-refractivity contribution >= 4 is 5.69 Å². The van der Waals surface area contributed by atoms with E-state index in [0.29, 0.717) is 0 Å². The fourth-order valence-electron chi connectivity index (χ4n) is 0.810. The number of aromatic nitrogens is 2. The van der Waals surface area contributed by atoms with E-state index in [9.17, 15) is 9.59 Å². The van der Waals surface area contributed by atoms with Crippen molar-refractivity contribution in [2.45, 2.75) is 19.9 Å². The fraction of sp³-hybridized carbons (Fsp3) is 0.429. The zero-order valence-corrected chi connectivity index (χ0v) is 7.56. The summed E-state index contributed by atoms with van der Waals surface area (Å²) in [5.74, 6) is 0. The van der Waals surface area contributed by atoms with E-state index < -0.39 is 17.5 Å². The average Bonchev–Trinajstić information content (AvgIpc) is 2.09. The molecule has 0 aliphatic carbocycles. The monoisotopic (exact) mass is 201 g/mol. The minimum atomic E-state index is -0.991. The maximum atomic E-state index is 11.1. The van der Waals surface area contributed by atoms with E-state index in [4.69, 9.17) is 15.6 Å². The SMILES string of the molecule is CC(O)OCn1cc(N)c(=O)[nH]c1=O. The Morgan fingerprint density at radius 1 is 1.71 bits per heavy atom. The van der Waals surface area contributed by atoms with Crippen LogP contribution in [0.1, 0.15) is 6.92 Å². The first-order valence-electron chi connectivity index (χ1n) is 3.89. The quantitative estimate of drug-likeness (QED) is 0.512. The molecule has 4 N–H and O–H groups in total. The Morgan fingerprint density at radius 2 is 2.36 bits per heavy atom. The second kappa shape index (κ2) is 4.07. The molecule has 1 aromatic rings. The van der Waals surface area contributed by atoms with Gasteiger partial charge < -0.3 is 15.6 Å². The van der Waals surface area contributed by atoms with Gasteiger partial charge in [-0.05, 0) is 6.92 Å². The number of nitrogens with zero attached hydrogens (tertiary/aromatic N) is 1. The largest absolute Gasteiger partial charge is 0.393 e. The number of nitrogens with two attached hydrogens (primary N) is 1. The number of H-pyrrole nitrogens is 1. The Hall–Kier alpha value is -1.60. The molecule has 14 heavy (non-hydrogen) atoms. The van der Waals surface area contributed by atoms with Gasteiger partial charge in [0.25, 0.3) is 5.56 Å². The number of nitrogens with one attached hydrogen (secondary N) is 1. The number of nitrogen functional groups attached to an aromatic ring is 1. The first-order valence-corrected chi connectivity index (χ1v) is 3.89. The van der Waals surface area contributed by atoms with Crippen LogP contribution in [-0.2, 0) is 11.5 Å². The summed E-state index contributed by atoms with van der Waals surface area (Å²) in [6.45, 7) is 1.23. The Kier molecular flexibility index (Phi) is 3.05. The lowest BCUT2D eigenvalue weighted by Gasteiger charge is -2.08. The van der Waals surface area contributed by atoms with E-state index in [0.717, 1.165) is 10.8 Å². The smallest absolute Gasteiger partial charge is 0.330 e. The molecular formula is C7H11N3O4. The summed E-state index contributed by atoms with van der Waals surface area (Å²) in [4.78, 5) is 23.9. The van der Waals surface area contributed by atoms with Gasteiger partial charge in [-0.3, -0.25) is 14.3 Å². The second-order valence-electron chi connectivity index (χ2n) is 2.71. The van der Waals surface area contributed by atoms with Gasteiger partial charge in [-0.1, -0.05) is 0 Å². The van der Waals surface area contributed by atoms with E-state index in [-0.39, 0.29) is 12.4 Å². The zero-order chi connectivity index (χ0) is 10.7. The van der Waals surface area contributed by atoms with Gasteiger partial charge in [0.15, 0.2) is 6.29 Å². The maximum Gasteiger partial charge on any atom is 0.330 e. The van der Waals surface area contributed by atoms with E-state index >= 15 is 0 Å². The molecular weight excluding hydrogens is 190 g/mol. The highest BCUT2D eigenvalue weighted by molar-refractivity contribution is 5.29. The van der Waals surface area contributed by atoms with Crippen LogP contribution in [-0.4, -0.2) is 20.9 Å². The molecule has 0 amide bonds. The molecule has 0 aliphatic rings. The predicted molar refractivity (Wildman–Crippen MR) is 48.5 cm³/mol. The van der Waals surface area contributed by atoms with Gasteiger partial charge in [-0.15, -0.1) is 0 Å². The fourth-order valence-corrected chi connectivity index (χ4v) is 0.810. The lowest BCUT2D eigenvalue weighted by molar-refractivity contribution is -0.113. The minimum Gasteiger partial charge on any atom is -0.393 e. The number of hydrogen-bond donors (Lipinski definition) is 3. The van der Waals surface area contributed by atoms with E-state index in [2.05, 4.69) is 0 Å². The Morgan fingerprint density at radius 3 is 2.93 bits per heavy atom. The molecule has 0 saturated carbocycles. The third kappa shape index (κ3) is 2.44. The molecule has 1 aromatic heterocycles. The molecule has 0 radical (unpaired) electrons. The molecule has 0 fully saturated rings. The average molecular weight is 201 g/mol.